The fourth-order valence-corrected chi connectivity index (χ4v) is 3.44. The summed E-state index contributed by atoms with van der Waals surface area (Å²) in [5, 5.41) is 2.95. The summed E-state index contributed by atoms with van der Waals surface area (Å²) in [6, 6.07) is 7.11. The van der Waals surface area contributed by atoms with Crippen molar-refractivity contribution in [2.75, 3.05) is 58.3 Å². The lowest BCUT2D eigenvalue weighted by Gasteiger charge is -2.34. The zero-order chi connectivity index (χ0) is 18.6. The van der Waals surface area contributed by atoms with Crippen LogP contribution in [-0.4, -0.2) is 74.6 Å². The highest BCUT2D eigenvalue weighted by atomic mass is 35.5. The van der Waals surface area contributed by atoms with Gasteiger partial charge in [-0.05, 0) is 44.2 Å². The fraction of sp³-hybridized carbons (Fsp3) is 0.579. The highest BCUT2D eigenvalue weighted by molar-refractivity contribution is 5.97. The van der Waals surface area contributed by atoms with E-state index in [0.29, 0.717) is 43.9 Å². The molecule has 0 bridgehead atoms. The molecular formula is C19H30Cl2N4O3. The second-order valence-electron chi connectivity index (χ2n) is 7.22. The van der Waals surface area contributed by atoms with Gasteiger partial charge in [0.05, 0.1) is 5.41 Å². The number of amides is 2. The molecule has 9 heteroatoms. The Hall–Kier alpha value is -1.38. The van der Waals surface area contributed by atoms with Crippen molar-refractivity contribution in [1.82, 2.24) is 9.80 Å². The van der Waals surface area contributed by atoms with Crippen LogP contribution in [0.4, 0.5) is 5.69 Å². The quantitative estimate of drug-likeness (QED) is 0.754. The third-order valence-corrected chi connectivity index (χ3v) is 5.50. The summed E-state index contributed by atoms with van der Waals surface area (Å²) < 4.78 is 5.35. The van der Waals surface area contributed by atoms with E-state index < -0.39 is 5.41 Å². The molecule has 2 amide bonds. The Kier molecular flexibility index (Phi) is 9.66. The lowest BCUT2D eigenvalue weighted by molar-refractivity contribution is -0.130. The molecule has 0 saturated carbocycles. The molecule has 0 aliphatic carbocycles. The van der Waals surface area contributed by atoms with Crippen molar-refractivity contribution < 1.29 is 14.3 Å². The Balaban J connectivity index is 0.00000196. The Labute approximate surface area is 178 Å². The van der Waals surface area contributed by atoms with Crippen LogP contribution in [0.15, 0.2) is 24.3 Å². The molecule has 28 heavy (non-hydrogen) atoms. The summed E-state index contributed by atoms with van der Waals surface area (Å²) in [6.45, 7) is 4.70. The maximum absolute atomic E-state index is 12.7. The Morgan fingerprint density at radius 1 is 1.07 bits per heavy atom. The predicted molar refractivity (Wildman–Crippen MR) is 115 cm³/mol. The number of anilines is 1. The number of rotatable bonds is 4. The number of nitrogens with one attached hydrogen (secondary N) is 1. The number of benzene rings is 1. The first kappa shape index (κ1) is 24.7. The molecule has 1 aromatic carbocycles. The monoisotopic (exact) mass is 432 g/mol. The SMILES string of the molecule is CN1CCN(C(=O)c2ccc(NC(=O)C3(CN)CCOCC3)cc2)CC1.Cl.Cl. The van der Waals surface area contributed by atoms with E-state index >= 15 is 0 Å². The molecule has 2 saturated heterocycles. The molecule has 2 aliphatic heterocycles. The minimum Gasteiger partial charge on any atom is -0.381 e. The van der Waals surface area contributed by atoms with Gasteiger partial charge in [-0.1, -0.05) is 0 Å². The first-order valence-electron chi connectivity index (χ1n) is 9.21. The largest absolute Gasteiger partial charge is 0.381 e. The Bertz CT molecular complexity index is 643. The number of ether oxygens (including phenoxy) is 1. The van der Waals surface area contributed by atoms with E-state index in [9.17, 15) is 9.59 Å². The van der Waals surface area contributed by atoms with Crippen molar-refractivity contribution in [1.29, 1.82) is 0 Å². The van der Waals surface area contributed by atoms with Crippen LogP contribution < -0.4 is 11.1 Å². The molecule has 0 radical (unpaired) electrons. The van der Waals surface area contributed by atoms with Crippen molar-refractivity contribution in [3.8, 4) is 0 Å². The van der Waals surface area contributed by atoms with Crippen LogP contribution in [0.1, 0.15) is 23.2 Å². The maximum Gasteiger partial charge on any atom is 0.253 e. The topological polar surface area (TPSA) is 87.9 Å². The van der Waals surface area contributed by atoms with Crippen LogP contribution in [0.25, 0.3) is 0 Å². The van der Waals surface area contributed by atoms with Gasteiger partial charge in [0, 0.05) is 57.2 Å². The number of nitrogens with two attached hydrogens (primary N) is 1. The summed E-state index contributed by atoms with van der Waals surface area (Å²) in [6.07, 6.45) is 1.27. The molecule has 2 fully saturated rings. The van der Waals surface area contributed by atoms with Gasteiger partial charge in [-0.3, -0.25) is 9.59 Å². The third-order valence-electron chi connectivity index (χ3n) is 5.50. The normalized spacial score (nSPS) is 19.1. The maximum atomic E-state index is 12.7. The van der Waals surface area contributed by atoms with Gasteiger partial charge in [0.25, 0.3) is 5.91 Å². The summed E-state index contributed by atoms with van der Waals surface area (Å²) in [5.74, 6) is -0.0275. The van der Waals surface area contributed by atoms with Gasteiger partial charge in [-0.2, -0.15) is 0 Å². The van der Waals surface area contributed by atoms with E-state index in [1.54, 1.807) is 24.3 Å². The zero-order valence-corrected chi connectivity index (χ0v) is 17.8. The first-order valence-corrected chi connectivity index (χ1v) is 9.21. The zero-order valence-electron chi connectivity index (χ0n) is 16.2. The van der Waals surface area contributed by atoms with E-state index in [2.05, 4.69) is 17.3 Å². The molecule has 3 rings (SSSR count). The minimum atomic E-state index is -0.563. The van der Waals surface area contributed by atoms with E-state index in [0.717, 1.165) is 26.2 Å². The van der Waals surface area contributed by atoms with E-state index in [1.165, 1.54) is 0 Å². The summed E-state index contributed by atoms with van der Waals surface area (Å²) >= 11 is 0. The Morgan fingerprint density at radius 3 is 2.18 bits per heavy atom. The number of piperazine rings is 1. The highest BCUT2D eigenvalue weighted by Crippen LogP contribution is 2.31. The number of hydrogen-bond acceptors (Lipinski definition) is 5. The van der Waals surface area contributed by atoms with E-state index in [-0.39, 0.29) is 36.6 Å². The molecule has 3 N–H and O–H groups in total. The lowest BCUT2D eigenvalue weighted by atomic mass is 9.79. The van der Waals surface area contributed by atoms with Gasteiger partial charge >= 0.3 is 0 Å². The van der Waals surface area contributed by atoms with Crippen molar-refractivity contribution in [2.24, 2.45) is 11.1 Å². The summed E-state index contributed by atoms with van der Waals surface area (Å²) in [5.41, 5.74) is 6.65. The molecule has 0 atom stereocenters. The summed E-state index contributed by atoms with van der Waals surface area (Å²) in [7, 11) is 2.06. The predicted octanol–water partition coefficient (Wildman–Crippen LogP) is 1.61. The van der Waals surface area contributed by atoms with Crippen molar-refractivity contribution >= 4 is 42.3 Å². The van der Waals surface area contributed by atoms with Crippen LogP contribution in [-0.2, 0) is 9.53 Å². The molecular weight excluding hydrogens is 403 g/mol. The van der Waals surface area contributed by atoms with Crippen LogP contribution in [0.2, 0.25) is 0 Å². The minimum absolute atomic E-state index is 0. The molecule has 0 aromatic heterocycles. The van der Waals surface area contributed by atoms with Crippen LogP contribution >= 0.6 is 24.8 Å². The molecule has 7 nitrogen and oxygen atoms in total. The number of likely N-dealkylation sites (N-methyl/N-ethyl adjacent to an activating group) is 1. The highest BCUT2D eigenvalue weighted by Gasteiger charge is 2.38. The number of nitrogens with zero attached hydrogens (tertiary/aromatic N) is 2. The molecule has 158 valence electrons. The van der Waals surface area contributed by atoms with Gasteiger partial charge in [-0.25, -0.2) is 0 Å². The number of hydrogen-bond donors (Lipinski definition) is 2. The van der Waals surface area contributed by atoms with Gasteiger partial charge < -0.3 is 25.6 Å². The van der Waals surface area contributed by atoms with Gasteiger partial charge in [0.2, 0.25) is 5.91 Å². The first-order chi connectivity index (χ1) is 12.5. The van der Waals surface area contributed by atoms with Gasteiger partial charge in [0.15, 0.2) is 0 Å². The fourth-order valence-electron chi connectivity index (χ4n) is 3.44. The number of halogens is 2. The number of carbonyl (C=O) groups excluding carboxylic acids is 2. The second kappa shape index (κ2) is 11.0. The van der Waals surface area contributed by atoms with Gasteiger partial charge in [-0.15, -0.1) is 24.8 Å². The smallest absolute Gasteiger partial charge is 0.253 e. The lowest BCUT2D eigenvalue weighted by Crippen LogP contribution is -2.47. The van der Waals surface area contributed by atoms with Crippen molar-refractivity contribution in [2.45, 2.75) is 12.8 Å². The molecule has 2 heterocycles. The van der Waals surface area contributed by atoms with Crippen molar-refractivity contribution in [3.63, 3.8) is 0 Å². The molecule has 0 unspecified atom stereocenters. The molecule has 2 aliphatic rings. The van der Waals surface area contributed by atoms with E-state index in [1.807, 2.05) is 4.90 Å². The number of carbonyl (C=O) groups is 2. The van der Waals surface area contributed by atoms with E-state index in [4.69, 9.17) is 10.5 Å². The van der Waals surface area contributed by atoms with Crippen LogP contribution in [0, 0.1) is 5.41 Å². The molecule has 1 aromatic rings. The standard InChI is InChI=1S/C19H28N4O3.2ClH/c1-22-8-10-23(11-9-22)17(24)15-2-4-16(5-3-15)21-18(25)19(14-20)6-12-26-13-7-19;;/h2-5H,6-14,20H2,1H3,(H,21,25);2*1H. The average molecular weight is 433 g/mol. The second-order valence-corrected chi connectivity index (χ2v) is 7.22. The molecule has 0 spiro atoms. The average Bonchev–Trinajstić information content (AvgIpc) is 2.69. The van der Waals surface area contributed by atoms with Crippen molar-refractivity contribution in [3.05, 3.63) is 29.8 Å². The van der Waals surface area contributed by atoms with Crippen LogP contribution in [0.3, 0.4) is 0 Å². The van der Waals surface area contributed by atoms with Gasteiger partial charge in [0.1, 0.15) is 0 Å². The van der Waals surface area contributed by atoms with Crippen LogP contribution in [0.5, 0.6) is 0 Å². The Morgan fingerprint density at radius 2 is 1.64 bits per heavy atom. The summed E-state index contributed by atoms with van der Waals surface area (Å²) in [4.78, 5) is 29.4. The third kappa shape index (κ3) is 5.58.